The van der Waals surface area contributed by atoms with Crippen molar-refractivity contribution in [3.8, 4) is 28.7 Å². The number of aliphatic hydroxyl groups is 2. The number of piperidine rings is 1. The van der Waals surface area contributed by atoms with Gasteiger partial charge < -0.3 is 74.4 Å². The number of hydrogen-bond donors (Lipinski definition) is 8. The molecule has 3 fully saturated rings. The Morgan fingerprint density at radius 3 is 2.24 bits per heavy atom. The number of methoxy groups -OCH3 is 2. The minimum atomic E-state index is -2.12. The molecule has 2 saturated heterocycles. The lowest BCUT2D eigenvalue weighted by molar-refractivity contribution is -0.160. The van der Waals surface area contributed by atoms with Gasteiger partial charge in [-0.3, -0.25) is 24.2 Å². The molecule has 1 amide bonds. The maximum Gasteiger partial charge on any atom is 0.341 e. The zero-order valence-electron chi connectivity index (χ0n) is 48.8. The molecule has 1 aromatic heterocycles. The number of nitrogens with zero attached hydrogens (tertiary/aromatic N) is 4. The predicted octanol–water partition coefficient (Wildman–Crippen LogP) is 6.92. The van der Waals surface area contributed by atoms with Crippen LogP contribution in [0.1, 0.15) is 118 Å². The first-order valence-corrected chi connectivity index (χ1v) is 28.4. The number of hydrazone groups is 1. The summed E-state index contributed by atoms with van der Waals surface area (Å²) in [6, 6.07) is 1.00. The third kappa shape index (κ3) is 11.4. The molecule has 1 saturated carbocycles. The van der Waals surface area contributed by atoms with Crippen LogP contribution in [0, 0.1) is 36.4 Å². The van der Waals surface area contributed by atoms with Crippen molar-refractivity contribution in [3.63, 3.8) is 0 Å². The average molecular weight is 1170 g/mol. The largest absolute Gasteiger partial charge is 0.507 e. The number of rotatable bonds is 10. The van der Waals surface area contributed by atoms with E-state index in [0.29, 0.717) is 51.0 Å². The number of aromatic hydroxyl groups is 3. The number of carbonyl (C=O) groups is 4. The van der Waals surface area contributed by atoms with Crippen LogP contribution >= 0.6 is 0 Å². The number of anilines is 2. The second kappa shape index (κ2) is 24.1. The molecule has 3 aromatic carbocycles. The van der Waals surface area contributed by atoms with Gasteiger partial charge in [-0.1, -0.05) is 45.9 Å². The Kier molecular flexibility index (Phi) is 17.5. The van der Waals surface area contributed by atoms with Gasteiger partial charge in [-0.2, -0.15) is 5.10 Å². The van der Waals surface area contributed by atoms with Crippen molar-refractivity contribution in [2.75, 3.05) is 50.6 Å². The normalized spacial score (nSPS) is 28.8. The van der Waals surface area contributed by atoms with Crippen LogP contribution < -0.4 is 30.4 Å². The number of allylic oxidation sites excluding steroid dienone is 2. The summed E-state index contributed by atoms with van der Waals surface area (Å²) >= 11 is 0. The number of carbonyl (C=O) groups excluding carboxylic acids is 3. The predicted molar refractivity (Wildman–Crippen MR) is 310 cm³/mol. The first-order chi connectivity index (χ1) is 39.8. The second-order valence-corrected chi connectivity index (χ2v) is 23.1. The minimum Gasteiger partial charge on any atom is -0.507 e. The molecule has 8 N–H and O–H groups in total. The van der Waals surface area contributed by atoms with E-state index in [2.05, 4.69) is 10.6 Å². The number of aromatic carboxylic acids is 1. The van der Waals surface area contributed by atoms with Gasteiger partial charge in [-0.25, -0.2) is 9.18 Å². The van der Waals surface area contributed by atoms with E-state index in [4.69, 9.17) is 28.8 Å². The van der Waals surface area contributed by atoms with Gasteiger partial charge in [-0.15, -0.1) is 0 Å². The highest BCUT2D eigenvalue weighted by molar-refractivity contribution is 6.24. The summed E-state index contributed by atoms with van der Waals surface area (Å²) in [7, 11) is 2.83. The molecule has 6 heterocycles. The summed E-state index contributed by atoms with van der Waals surface area (Å²) in [5, 5.41) is 81.6. The van der Waals surface area contributed by atoms with Crippen LogP contribution in [0.5, 0.6) is 28.7 Å². The van der Waals surface area contributed by atoms with Crippen molar-refractivity contribution in [1.29, 1.82) is 0 Å². The first-order valence-electron chi connectivity index (χ1n) is 28.4. The molecule has 452 valence electrons. The quantitative estimate of drug-likeness (QED) is 0.0346. The van der Waals surface area contributed by atoms with E-state index in [-0.39, 0.29) is 79.4 Å². The van der Waals surface area contributed by atoms with E-state index in [1.54, 1.807) is 49.4 Å². The van der Waals surface area contributed by atoms with E-state index >= 15 is 4.39 Å². The molecule has 1 unspecified atom stereocenters. The van der Waals surface area contributed by atoms with E-state index in [1.807, 2.05) is 4.90 Å². The average Bonchev–Trinajstić information content (AvgIpc) is 1.49. The summed E-state index contributed by atoms with van der Waals surface area (Å²) in [4.78, 5) is 68.5. The Hall–Kier alpha value is -7.73. The number of phenols is 3. The summed E-state index contributed by atoms with van der Waals surface area (Å²) in [6.07, 6.45) is 9.26. The number of nitrogens with one attached hydrogen (secondary N) is 2. The monoisotopic (exact) mass is 1170 g/mol. The van der Waals surface area contributed by atoms with E-state index in [1.165, 1.54) is 72.7 Å². The molecule has 4 aromatic rings. The number of Topliss-reactive ketones (excluding diaryl/α,β-unsaturated/α-hetero) is 1. The summed E-state index contributed by atoms with van der Waals surface area (Å²) in [5.74, 6) is -10.9. The van der Waals surface area contributed by atoms with Crippen LogP contribution in [0.2, 0.25) is 0 Å². The third-order valence-corrected chi connectivity index (χ3v) is 17.4. The molecule has 10 atom stereocenters. The molecule has 22 nitrogen and oxygen atoms in total. The van der Waals surface area contributed by atoms with Crippen molar-refractivity contribution >= 4 is 62.9 Å². The number of pyridine rings is 1. The molecular formula is C61H75FN6O16. The van der Waals surface area contributed by atoms with Crippen LogP contribution in [-0.2, 0) is 23.8 Å². The SMILES string of the molecule is COc1c(N2CCC(NC3CCN(/N=C/c4c5c(O)c6c(O)c(C)c7c(c6c4O)C(=O)[C@@](C)(O/C=C/[C@H](OC)[C@@H](C)[C@@H](OC(C)=O)[C@H](C)[C@H](O)[C@H](C)[C@@H](O)[C@@H](C)/C=C/C=C(/C)C(=O)N5)O7)CC3)C2)c(F)cc2c(=O)c(C(=O)O)cn(C3CC3)c12. The van der Waals surface area contributed by atoms with Gasteiger partial charge in [0, 0.05) is 112 Å². The zero-order valence-corrected chi connectivity index (χ0v) is 48.8. The number of carboxylic acid groups (broad SMARTS) is 1. The maximum absolute atomic E-state index is 16.2. The van der Waals surface area contributed by atoms with Crippen molar-refractivity contribution in [3.05, 3.63) is 86.7 Å². The van der Waals surface area contributed by atoms with Gasteiger partial charge in [0.2, 0.25) is 5.43 Å². The minimum absolute atomic E-state index is 0.00497. The maximum atomic E-state index is 16.2. The Morgan fingerprint density at radius 1 is 0.905 bits per heavy atom. The summed E-state index contributed by atoms with van der Waals surface area (Å²) in [5.41, 5.74) is -1.32. The molecule has 84 heavy (non-hydrogen) atoms. The molecule has 23 heteroatoms. The number of amides is 1. The number of aromatic nitrogens is 1. The molecule has 1 aliphatic carbocycles. The fraction of sp³-hybridized carbons (Fsp3) is 0.508. The number of fused-ring (bicyclic) bond motifs is 15. The smallest absolute Gasteiger partial charge is 0.341 e. The van der Waals surface area contributed by atoms with Gasteiger partial charge in [-0.05, 0) is 58.1 Å². The van der Waals surface area contributed by atoms with E-state index in [0.717, 1.165) is 18.9 Å². The number of aliphatic hydroxyl groups excluding tert-OH is 2. The van der Waals surface area contributed by atoms with Gasteiger partial charge in [0.15, 0.2) is 17.3 Å². The number of esters is 1. The Balaban J connectivity index is 1.00. The number of benzene rings is 3. The van der Waals surface area contributed by atoms with Crippen LogP contribution in [0.3, 0.4) is 0 Å². The standard InChI is InChI=1S/C61H75FN6O16/c1-28-12-11-13-29(2)59(77)65-46-39(25-63-67-21-17-35(18-22-67)64-36-16-20-66(26-36)48-41(62)24-38-47(57(48)81-10)68(37-14-15-37)27-40(52(38)73)60(78)79)53(74)43-44(54(46)75)51(72)33(6)56-45(43)58(76)61(8,84-56)82-23-19-42(80-9)30(3)55(83-34(7)69)32(5)50(71)31(4)49(28)70/h11-13,19,23-25,27-28,30-32,35-37,42,49-50,55,64,70-72,74-75H,14-18,20-22,26H2,1-10H3,(H,65,77)(H,78,79)/b12-11+,23-19+,29-13-,63-25+/t28-,30+,31+,32+,36?,42-,49-,50+,55+,61-/m0/s1. The highest BCUT2D eigenvalue weighted by Gasteiger charge is 2.50. The lowest BCUT2D eigenvalue weighted by atomic mass is 9.78. The first kappa shape index (κ1) is 60.8. The highest BCUT2D eigenvalue weighted by Crippen LogP contribution is 2.55. The van der Waals surface area contributed by atoms with Crippen LogP contribution in [-0.4, -0.2) is 153 Å². The van der Waals surface area contributed by atoms with E-state index in [9.17, 15) is 54.6 Å². The highest BCUT2D eigenvalue weighted by atomic mass is 19.1. The second-order valence-electron chi connectivity index (χ2n) is 23.1. The lowest BCUT2D eigenvalue weighted by Gasteiger charge is -2.38. The molecule has 0 radical (unpaired) electrons. The van der Waals surface area contributed by atoms with Gasteiger partial charge in [0.05, 0.1) is 71.0 Å². The number of hydrogen-bond acceptors (Lipinski definition) is 19. The molecule has 5 bridgehead atoms. The number of phenolic OH excluding ortho intramolecular Hbond substituents is 3. The van der Waals surface area contributed by atoms with Crippen LogP contribution in [0.4, 0.5) is 15.8 Å². The molecular weight excluding hydrogens is 1090 g/mol. The summed E-state index contributed by atoms with van der Waals surface area (Å²) in [6.45, 7) is 14.1. The van der Waals surface area contributed by atoms with Crippen molar-refractivity contribution < 1.29 is 77.9 Å². The number of ether oxygens (including phenoxy) is 5. The van der Waals surface area contributed by atoms with E-state index < -0.39 is 112 Å². The Morgan fingerprint density at radius 2 is 1.60 bits per heavy atom. The van der Waals surface area contributed by atoms with Crippen molar-refractivity contribution in [2.24, 2.45) is 28.8 Å². The van der Waals surface area contributed by atoms with Crippen molar-refractivity contribution in [2.45, 2.75) is 136 Å². The van der Waals surface area contributed by atoms with Crippen molar-refractivity contribution in [1.82, 2.24) is 14.9 Å². The topological polar surface area (TPSA) is 301 Å². The number of ketones is 1. The van der Waals surface area contributed by atoms with Gasteiger partial charge in [0.1, 0.15) is 34.6 Å². The molecule has 5 aliphatic heterocycles. The molecule has 10 rings (SSSR count). The fourth-order valence-electron chi connectivity index (χ4n) is 12.3. The van der Waals surface area contributed by atoms with Crippen LogP contribution in [0.15, 0.2) is 58.3 Å². The molecule has 6 aliphatic rings. The lowest BCUT2D eigenvalue weighted by Crippen LogP contribution is -2.46. The third-order valence-electron chi connectivity index (χ3n) is 17.4. The summed E-state index contributed by atoms with van der Waals surface area (Å²) < 4.78 is 47.6. The zero-order chi connectivity index (χ0) is 61.0. The van der Waals surface area contributed by atoms with Gasteiger partial charge in [0.25, 0.3) is 11.7 Å². The fourth-order valence-corrected chi connectivity index (χ4v) is 12.3. The number of carboxylic acids is 1. The Labute approximate surface area is 484 Å². The molecule has 0 spiro atoms. The Bertz CT molecular complexity index is 3480. The van der Waals surface area contributed by atoms with Crippen LogP contribution in [0.25, 0.3) is 21.7 Å². The number of halogens is 1. The van der Waals surface area contributed by atoms with Gasteiger partial charge >= 0.3 is 17.7 Å².